The van der Waals surface area contributed by atoms with Crippen LogP contribution in [0.1, 0.15) is 6.92 Å². The molecule has 0 atom stereocenters. The van der Waals surface area contributed by atoms with Crippen molar-refractivity contribution in [2.24, 2.45) is 0 Å². The van der Waals surface area contributed by atoms with Crippen LogP contribution in [0.15, 0.2) is 12.1 Å². The lowest BCUT2D eigenvalue weighted by molar-refractivity contribution is -0.399. The predicted octanol–water partition coefficient (Wildman–Crippen LogP) is 1.58. The number of hydrogen-bond donors (Lipinski definition) is 0. The van der Waals surface area contributed by atoms with Crippen LogP contribution in [0.3, 0.4) is 0 Å². The number of halogens is 1. The van der Waals surface area contributed by atoms with Gasteiger partial charge in [-0.2, -0.15) is 4.39 Å². The summed E-state index contributed by atoms with van der Waals surface area (Å²) in [6, 6.07) is 1.66. The van der Waals surface area contributed by atoms with Gasteiger partial charge >= 0.3 is 17.3 Å². The van der Waals surface area contributed by atoms with E-state index in [1.54, 1.807) is 0 Å². The molecule has 0 N–H and O–H groups in total. The molecule has 0 amide bonds. The van der Waals surface area contributed by atoms with Crippen molar-refractivity contribution in [2.75, 3.05) is 13.2 Å². The van der Waals surface area contributed by atoms with E-state index in [4.69, 9.17) is 4.74 Å². The summed E-state index contributed by atoms with van der Waals surface area (Å²) >= 11 is 0. The molecule has 0 saturated carbocycles. The van der Waals surface area contributed by atoms with Crippen LogP contribution in [-0.2, 0) is 9.53 Å². The van der Waals surface area contributed by atoms with Crippen molar-refractivity contribution < 1.29 is 28.5 Å². The number of carbonyl (C=O) groups excluding carboxylic acids is 1. The fraction of sp³-hybridized carbons (Fsp3) is 0.300. The lowest BCUT2D eigenvalue weighted by atomic mass is 10.2. The lowest BCUT2D eigenvalue weighted by Gasteiger charge is -2.07. The molecule has 0 aliphatic rings. The Morgan fingerprint density at radius 3 is 2.40 bits per heavy atom. The Bertz CT molecular complexity index is 561. The average molecular weight is 288 g/mol. The second-order valence-electron chi connectivity index (χ2n) is 3.45. The summed E-state index contributed by atoms with van der Waals surface area (Å²) in [5.41, 5.74) is -2.16. The molecule has 1 aromatic carbocycles. The quantitative estimate of drug-likeness (QED) is 0.337. The minimum atomic E-state index is -1.59. The zero-order valence-corrected chi connectivity index (χ0v) is 10.2. The molecule has 1 rings (SSSR count). The molecule has 0 unspecified atom stereocenters. The van der Waals surface area contributed by atoms with E-state index in [1.807, 2.05) is 0 Å². The maximum absolute atomic E-state index is 13.6. The Morgan fingerprint density at radius 1 is 1.25 bits per heavy atom. The molecule has 20 heavy (non-hydrogen) atoms. The number of carbonyl (C=O) groups is 1. The molecule has 1 aromatic rings. The van der Waals surface area contributed by atoms with Crippen molar-refractivity contribution in [3.8, 4) is 5.75 Å². The van der Waals surface area contributed by atoms with Gasteiger partial charge in [-0.1, -0.05) is 0 Å². The van der Waals surface area contributed by atoms with E-state index in [0.717, 1.165) is 19.1 Å². The molecule has 0 heterocycles. The van der Waals surface area contributed by atoms with Gasteiger partial charge in [0.25, 0.3) is 5.82 Å². The molecule has 0 aromatic heterocycles. The van der Waals surface area contributed by atoms with Crippen molar-refractivity contribution >= 4 is 17.3 Å². The third kappa shape index (κ3) is 3.60. The van der Waals surface area contributed by atoms with E-state index in [0.29, 0.717) is 0 Å². The van der Waals surface area contributed by atoms with E-state index in [2.05, 4.69) is 4.74 Å². The van der Waals surface area contributed by atoms with Crippen molar-refractivity contribution in [1.82, 2.24) is 0 Å². The minimum absolute atomic E-state index is 0.189. The van der Waals surface area contributed by atoms with Crippen LogP contribution in [0, 0.1) is 26.0 Å². The van der Waals surface area contributed by atoms with E-state index in [-0.39, 0.29) is 13.2 Å². The van der Waals surface area contributed by atoms with Crippen LogP contribution in [0.5, 0.6) is 5.75 Å². The molecule has 0 bridgehead atoms. The summed E-state index contributed by atoms with van der Waals surface area (Å²) in [6.07, 6.45) is 0. The summed E-state index contributed by atoms with van der Waals surface area (Å²) in [4.78, 5) is 29.5. The van der Waals surface area contributed by atoms with E-state index >= 15 is 0 Å². The average Bonchev–Trinajstić information content (AvgIpc) is 2.33. The van der Waals surface area contributed by atoms with Crippen LogP contribution in [0.25, 0.3) is 0 Å². The topological polar surface area (TPSA) is 122 Å². The highest BCUT2D eigenvalue weighted by atomic mass is 19.1. The van der Waals surface area contributed by atoms with Crippen LogP contribution in [0.4, 0.5) is 15.8 Å². The molecular formula is C10H9FN2O7. The monoisotopic (exact) mass is 288 g/mol. The summed E-state index contributed by atoms with van der Waals surface area (Å²) in [7, 11) is 0. The maximum Gasteiger partial charge on any atom is 0.353 e. The minimum Gasteiger partial charge on any atom is -0.483 e. The highest BCUT2D eigenvalue weighted by Crippen LogP contribution is 2.35. The number of hydrogen-bond acceptors (Lipinski definition) is 7. The van der Waals surface area contributed by atoms with Crippen molar-refractivity contribution in [3.05, 3.63) is 38.2 Å². The number of nitrogens with zero attached hydrogens (tertiary/aromatic N) is 2. The largest absolute Gasteiger partial charge is 0.483 e. The Balaban J connectivity index is 2.96. The molecule has 0 aliphatic heterocycles. The number of esters is 1. The lowest BCUT2D eigenvalue weighted by Crippen LogP contribution is -2.11. The van der Waals surface area contributed by atoms with Gasteiger partial charge in [-0.25, -0.2) is 0 Å². The molecule has 0 fully saturated rings. The van der Waals surface area contributed by atoms with Gasteiger partial charge in [-0.15, -0.1) is 0 Å². The Hall–Kier alpha value is -2.78. The summed E-state index contributed by atoms with van der Waals surface area (Å²) in [5.74, 6) is -2.65. The van der Waals surface area contributed by atoms with Gasteiger partial charge < -0.3 is 9.47 Å². The number of nitro groups is 2. The third-order valence-corrected chi connectivity index (χ3v) is 2.08. The maximum atomic E-state index is 13.6. The fourth-order valence-electron chi connectivity index (χ4n) is 1.30. The summed E-state index contributed by atoms with van der Waals surface area (Å²) < 4.78 is 23.0. The molecule has 108 valence electrons. The second-order valence-corrected chi connectivity index (χ2v) is 3.45. The molecule has 9 nitrogen and oxygen atoms in total. The van der Waals surface area contributed by atoms with Crippen LogP contribution >= 0.6 is 0 Å². The van der Waals surface area contributed by atoms with Gasteiger partial charge in [0.1, 0.15) is 13.2 Å². The first kappa shape index (κ1) is 15.3. The van der Waals surface area contributed by atoms with Crippen LogP contribution in [-0.4, -0.2) is 29.0 Å². The molecule has 0 spiro atoms. The van der Waals surface area contributed by atoms with E-state index < -0.39 is 38.8 Å². The van der Waals surface area contributed by atoms with Gasteiger partial charge in [-0.05, 0) is 6.07 Å². The number of benzene rings is 1. The Morgan fingerprint density at radius 2 is 1.90 bits per heavy atom. The van der Waals surface area contributed by atoms with Crippen molar-refractivity contribution in [2.45, 2.75) is 6.92 Å². The zero-order valence-electron chi connectivity index (χ0n) is 10.2. The first-order valence-electron chi connectivity index (χ1n) is 5.22. The zero-order chi connectivity index (χ0) is 15.3. The first-order valence-corrected chi connectivity index (χ1v) is 5.22. The normalized spacial score (nSPS) is 9.90. The first-order chi connectivity index (χ1) is 9.34. The molecule has 0 saturated heterocycles. The molecule has 0 radical (unpaired) electrons. The summed E-state index contributed by atoms with van der Waals surface area (Å²) in [6.45, 7) is 0.719. The fourth-order valence-corrected chi connectivity index (χ4v) is 1.30. The Labute approximate surface area is 111 Å². The molecule has 10 heteroatoms. The smallest absolute Gasteiger partial charge is 0.353 e. The van der Waals surface area contributed by atoms with E-state index in [9.17, 15) is 29.4 Å². The Kier molecular flexibility index (Phi) is 4.89. The van der Waals surface area contributed by atoms with Crippen LogP contribution in [0.2, 0.25) is 0 Å². The standard InChI is InChI=1S/C10H9FN2O7/c1-6(14)19-4-5-20-8-3-2-7(12(15)16)9(11)10(8)13(17)18/h2-3H,4-5H2,1H3. The third-order valence-electron chi connectivity index (χ3n) is 2.08. The van der Waals surface area contributed by atoms with Crippen LogP contribution < -0.4 is 4.74 Å². The second kappa shape index (κ2) is 6.41. The molecule has 0 aliphatic carbocycles. The number of rotatable bonds is 6. The molecular weight excluding hydrogens is 279 g/mol. The number of ether oxygens (including phenoxy) is 2. The van der Waals surface area contributed by atoms with Gasteiger partial charge in [0, 0.05) is 13.0 Å². The van der Waals surface area contributed by atoms with Gasteiger partial charge in [-0.3, -0.25) is 25.0 Å². The summed E-state index contributed by atoms with van der Waals surface area (Å²) in [5, 5.41) is 21.2. The SMILES string of the molecule is CC(=O)OCCOc1ccc([N+](=O)[O-])c(F)c1[N+](=O)[O-]. The van der Waals surface area contributed by atoms with Gasteiger partial charge in [0.2, 0.25) is 5.75 Å². The van der Waals surface area contributed by atoms with Gasteiger partial charge in [0.15, 0.2) is 0 Å². The van der Waals surface area contributed by atoms with Crippen molar-refractivity contribution in [1.29, 1.82) is 0 Å². The highest BCUT2D eigenvalue weighted by Gasteiger charge is 2.30. The number of nitro benzene ring substituents is 2. The highest BCUT2D eigenvalue weighted by molar-refractivity contribution is 5.65. The van der Waals surface area contributed by atoms with E-state index in [1.165, 1.54) is 0 Å². The van der Waals surface area contributed by atoms with Gasteiger partial charge in [0.05, 0.1) is 9.85 Å². The van der Waals surface area contributed by atoms with Crippen molar-refractivity contribution in [3.63, 3.8) is 0 Å². The predicted molar refractivity (Wildman–Crippen MR) is 61.8 cm³/mol.